The number of aromatic nitrogens is 3. The van der Waals surface area contributed by atoms with Crippen LogP contribution < -0.4 is 5.69 Å². The van der Waals surface area contributed by atoms with Crippen molar-refractivity contribution in [2.24, 2.45) is 0 Å². The van der Waals surface area contributed by atoms with Gasteiger partial charge in [0, 0.05) is 16.6 Å². The summed E-state index contributed by atoms with van der Waals surface area (Å²) < 4.78 is 2.33. The fourth-order valence-corrected chi connectivity index (χ4v) is 3.09. The van der Waals surface area contributed by atoms with Gasteiger partial charge in [-0.25, -0.2) is 9.89 Å². The first-order valence-electron chi connectivity index (χ1n) is 6.19. The maximum absolute atomic E-state index is 12.1. The number of Topliss-reactive ketones (excluding diaryl/α,β-unsaturated/α-hetero) is 1. The minimum atomic E-state index is -0.234. The fraction of sp³-hybridized carbons (Fsp3) is 0.308. The molecule has 0 atom stereocenters. The predicted octanol–water partition coefficient (Wildman–Crippen LogP) is 2.72. The molecule has 0 saturated heterocycles. The number of halogens is 1. The standard InChI is InChI=1S/C13H14BrN3O2S/c1-2-7-17-12(19)15-16-13(17)20-8-11(18)9-5-3-4-6-10(9)14/h3-6H,2,7-8H2,1H3,(H,15,19). The average molecular weight is 356 g/mol. The number of aromatic amines is 1. The Morgan fingerprint density at radius 3 is 2.90 bits per heavy atom. The molecule has 1 N–H and O–H groups in total. The van der Waals surface area contributed by atoms with E-state index in [4.69, 9.17) is 0 Å². The van der Waals surface area contributed by atoms with E-state index in [-0.39, 0.29) is 17.2 Å². The van der Waals surface area contributed by atoms with Crippen LogP contribution in [0, 0.1) is 0 Å². The molecule has 5 nitrogen and oxygen atoms in total. The molecule has 0 saturated carbocycles. The first-order chi connectivity index (χ1) is 9.63. The number of nitrogens with one attached hydrogen (secondary N) is 1. The largest absolute Gasteiger partial charge is 0.343 e. The van der Waals surface area contributed by atoms with Crippen molar-refractivity contribution in [1.29, 1.82) is 0 Å². The summed E-state index contributed by atoms with van der Waals surface area (Å²) in [6.45, 7) is 2.58. The van der Waals surface area contributed by atoms with Gasteiger partial charge in [0.2, 0.25) is 0 Å². The first-order valence-corrected chi connectivity index (χ1v) is 7.97. The van der Waals surface area contributed by atoms with Gasteiger partial charge in [-0.05, 0) is 12.5 Å². The smallest absolute Gasteiger partial charge is 0.293 e. The number of H-pyrrole nitrogens is 1. The SMILES string of the molecule is CCCn1c(SCC(=O)c2ccccc2Br)n[nH]c1=O. The van der Waals surface area contributed by atoms with Crippen molar-refractivity contribution in [1.82, 2.24) is 14.8 Å². The lowest BCUT2D eigenvalue weighted by Gasteiger charge is -2.04. The van der Waals surface area contributed by atoms with E-state index < -0.39 is 0 Å². The van der Waals surface area contributed by atoms with Gasteiger partial charge < -0.3 is 0 Å². The van der Waals surface area contributed by atoms with Gasteiger partial charge in [-0.1, -0.05) is 52.8 Å². The van der Waals surface area contributed by atoms with Crippen LogP contribution in [0.3, 0.4) is 0 Å². The van der Waals surface area contributed by atoms with Crippen LogP contribution in [-0.4, -0.2) is 26.3 Å². The number of carbonyl (C=O) groups excluding carboxylic acids is 1. The molecule has 0 aliphatic rings. The number of nitrogens with zero attached hydrogens (tertiary/aromatic N) is 2. The van der Waals surface area contributed by atoms with Crippen molar-refractivity contribution in [2.75, 3.05) is 5.75 Å². The Morgan fingerprint density at radius 2 is 2.20 bits per heavy atom. The van der Waals surface area contributed by atoms with Crippen molar-refractivity contribution in [3.63, 3.8) is 0 Å². The molecule has 7 heteroatoms. The summed E-state index contributed by atoms with van der Waals surface area (Å²) in [5.41, 5.74) is 0.405. The zero-order valence-electron chi connectivity index (χ0n) is 10.9. The van der Waals surface area contributed by atoms with E-state index in [0.717, 1.165) is 10.9 Å². The van der Waals surface area contributed by atoms with Gasteiger partial charge in [0.15, 0.2) is 10.9 Å². The van der Waals surface area contributed by atoms with Gasteiger partial charge in [0.25, 0.3) is 0 Å². The summed E-state index contributed by atoms with van der Waals surface area (Å²) in [5.74, 6) is 0.248. The average Bonchev–Trinajstić information content (AvgIpc) is 2.78. The van der Waals surface area contributed by atoms with Crippen LogP contribution in [0.5, 0.6) is 0 Å². The number of carbonyl (C=O) groups is 1. The Bertz CT molecular complexity index is 666. The zero-order valence-corrected chi connectivity index (χ0v) is 13.3. The molecule has 1 aromatic carbocycles. The second-order valence-electron chi connectivity index (χ2n) is 4.15. The molecule has 0 radical (unpaired) electrons. The maximum atomic E-state index is 12.1. The van der Waals surface area contributed by atoms with Gasteiger partial charge in [-0.15, -0.1) is 5.10 Å². The first kappa shape index (κ1) is 15.1. The monoisotopic (exact) mass is 355 g/mol. The molecule has 1 heterocycles. The Morgan fingerprint density at radius 1 is 1.45 bits per heavy atom. The Balaban J connectivity index is 2.08. The third kappa shape index (κ3) is 3.40. The third-order valence-corrected chi connectivity index (χ3v) is 4.34. The maximum Gasteiger partial charge on any atom is 0.343 e. The highest BCUT2D eigenvalue weighted by atomic mass is 79.9. The number of hydrogen-bond donors (Lipinski definition) is 1. The lowest BCUT2D eigenvalue weighted by atomic mass is 10.1. The summed E-state index contributed by atoms with van der Waals surface area (Å²) in [6, 6.07) is 7.29. The van der Waals surface area contributed by atoms with E-state index in [0.29, 0.717) is 17.3 Å². The second kappa shape index (κ2) is 6.90. The second-order valence-corrected chi connectivity index (χ2v) is 5.95. The summed E-state index contributed by atoms with van der Waals surface area (Å²) >= 11 is 4.63. The number of hydrogen-bond acceptors (Lipinski definition) is 4. The van der Waals surface area contributed by atoms with Gasteiger partial charge >= 0.3 is 5.69 Å². The van der Waals surface area contributed by atoms with Crippen molar-refractivity contribution >= 4 is 33.5 Å². The van der Waals surface area contributed by atoms with Gasteiger partial charge in [-0.3, -0.25) is 9.36 Å². The minimum absolute atomic E-state index is 0.000900. The molecule has 0 aliphatic carbocycles. The summed E-state index contributed by atoms with van der Waals surface area (Å²) in [4.78, 5) is 23.7. The molecule has 1 aromatic heterocycles. The van der Waals surface area contributed by atoms with E-state index in [1.165, 1.54) is 11.8 Å². The number of ketones is 1. The topological polar surface area (TPSA) is 67.8 Å². The highest BCUT2D eigenvalue weighted by Crippen LogP contribution is 2.20. The number of thioether (sulfide) groups is 1. The van der Waals surface area contributed by atoms with Crippen LogP contribution in [0.25, 0.3) is 0 Å². The fourth-order valence-electron chi connectivity index (χ4n) is 1.73. The normalized spacial score (nSPS) is 10.7. The lowest BCUT2D eigenvalue weighted by molar-refractivity contribution is 0.102. The molecular weight excluding hydrogens is 342 g/mol. The molecule has 0 spiro atoms. The van der Waals surface area contributed by atoms with Gasteiger partial charge in [-0.2, -0.15) is 0 Å². The van der Waals surface area contributed by atoms with E-state index >= 15 is 0 Å². The predicted molar refractivity (Wildman–Crippen MR) is 82.3 cm³/mol. The Labute approximate surface area is 128 Å². The molecule has 0 bridgehead atoms. The van der Waals surface area contributed by atoms with Crippen LogP contribution in [0.2, 0.25) is 0 Å². The quantitative estimate of drug-likeness (QED) is 0.638. The zero-order chi connectivity index (χ0) is 14.5. The Kier molecular flexibility index (Phi) is 5.19. The molecule has 2 aromatic rings. The van der Waals surface area contributed by atoms with Crippen LogP contribution >= 0.6 is 27.7 Å². The van der Waals surface area contributed by atoms with Crippen LogP contribution in [-0.2, 0) is 6.54 Å². The molecule has 106 valence electrons. The van der Waals surface area contributed by atoms with E-state index in [1.807, 2.05) is 25.1 Å². The number of rotatable bonds is 6. The van der Waals surface area contributed by atoms with Crippen LogP contribution in [0.4, 0.5) is 0 Å². The molecular formula is C13H14BrN3O2S. The lowest BCUT2D eigenvalue weighted by Crippen LogP contribution is -2.17. The molecule has 0 aliphatic heterocycles. The molecule has 2 rings (SSSR count). The number of benzene rings is 1. The summed E-state index contributed by atoms with van der Waals surface area (Å²) in [6.07, 6.45) is 0.838. The van der Waals surface area contributed by atoms with Crippen molar-refractivity contribution in [3.8, 4) is 0 Å². The minimum Gasteiger partial charge on any atom is -0.293 e. The van der Waals surface area contributed by atoms with Gasteiger partial charge in [0.1, 0.15) is 0 Å². The molecule has 0 fully saturated rings. The molecule has 0 amide bonds. The van der Waals surface area contributed by atoms with Crippen molar-refractivity contribution < 1.29 is 4.79 Å². The van der Waals surface area contributed by atoms with E-state index in [9.17, 15) is 9.59 Å². The highest BCUT2D eigenvalue weighted by Gasteiger charge is 2.13. The third-order valence-electron chi connectivity index (χ3n) is 2.68. The van der Waals surface area contributed by atoms with Crippen LogP contribution in [0.15, 0.2) is 38.7 Å². The highest BCUT2D eigenvalue weighted by molar-refractivity contribution is 9.10. The molecule has 0 unspecified atom stereocenters. The van der Waals surface area contributed by atoms with E-state index in [2.05, 4.69) is 26.1 Å². The van der Waals surface area contributed by atoms with Crippen molar-refractivity contribution in [3.05, 3.63) is 44.8 Å². The van der Waals surface area contributed by atoms with Crippen LogP contribution in [0.1, 0.15) is 23.7 Å². The summed E-state index contributed by atoms with van der Waals surface area (Å²) in [5, 5.41) is 6.91. The van der Waals surface area contributed by atoms with E-state index in [1.54, 1.807) is 10.6 Å². The van der Waals surface area contributed by atoms with Crippen molar-refractivity contribution in [2.45, 2.75) is 25.0 Å². The molecule has 20 heavy (non-hydrogen) atoms. The Hall–Kier alpha value is -1.34. The van der Waals surface area contributed by atoms with Gasteiger partial charge in [0.05, 0.1) is 5.75 Å². The summed E-state index contributed by atoms with van der Waals surface area (Å²) in [7, 11) is 0.